The lowest BCUT2D eigenvalue weighted by molar-refractivity contribution is -0.116. The van der Waals surface area contributed by atoms with E-state index in [-0.39, 0.29) is 18.0 Å². The van der Waals surface area contributed by atoms with Crippen LogP contribution in [0.1, 0.15) is 5.56 Å². The summed E-state index contributed by atoms with van der Waals surface area (Å²) < 4.78 is 2.14. The molecule has 0 aliphatic carbocycles. The number of benzene rings is 2. The lowest BCUT2D eigenvalue weighted by atomic mass is 10.1. The van der Waals surface area contributed by atoms with Crippen LogP contribution in [-0.2, 0) is 11.3 Å². The van der Waals surface area contributed by atoms with E-state index in [2.05, 4.69) is 26.2 Å². The van der Waals surface area contributed by atoms with Gasteiger partial charge < -0.3 is 5.32 Å². The van der Waals surface area contributed by atoms with Gasteiger partial charge in [0.2, 0.25) is 5.91 Å². The molecule has 140 valence electrons. The topological polar surface area (TPSA) is 64.0 Å². The molecule has 28 heavy (non-hydrogen) atoms. The van der Waals surface area contributed by atoms with Crippen molar-refractivity contribution in [2.45, 2.75) is 13.5 Å². The number of hydrogen-bond donors (Lipinski definition) is 1. The first-order chi connectivity index (χ1) is 13.5. The third kappa shape index (κ3) is 3.63. The van der Waals surface area contributed by atoms with Crippen LogP contribution >= 0.6 is 27.3 Å². The molecule has 7 heteroatoms. The van der Waals surface area contributed by atoms with Gasteiger partial charge in [0.25, 0.3) is 5.56 Å². The molecule has 0 aliphatic heterocycles. The van der Waals surface area contributed by atoms with E-state index in [9.17, 15) is 9.59 Å². The van der Waals surface area contributed by atoms with E-state index in [4.69, 9.17) is 0 Å². The quantitative estimate of drug-likeness (QED) is 0.480. The van der Waals surface area contributed by atoms with Crippen LogP contribution < -0.4 is 10.9 Å². The number of amides is 1. The van der Waals surface area contributed by atoms with E-state index in [0.717, 1.165) is 21.2 Å². The highest BCUT2D eigenvalue weighted by molar-refractivity contribution is 9.10. The summed E-state index contributed by atoms with van der Waals surface area (Å²) >= 11 is 4.87. The Labute approximate surface area is 173 Å². The van der Waals surface area contributed by atoms with Gasteiger partial charge in [0, 0.05) is 15.4 Å². The Kier molecular flexibility index (Phi) is 5.11. The fraction of sp³-hybridized carbons (Fsp3) is 0.0952. The zero-order chi connectivity index (χ0) is 19.7. The van der Waals surface area contributed by atoms with E-state index < -0.39 is 0 Å². The Bertz CT molecular complexity index is 1230. The highest BCUT2D eigenvalue weighted by Crippen LogP contribution is 2.30. The van der Waals surface area contributed by atoms with Crippen LogP contribution in [0.4, 0.5) is 5.69 Å². The summed E-state index contributed by atoms with van der Waals surface area (Å²) in [7, 11) is 0. The predicted octanol–water partition coefficient (Wildman–Crippen LogP) is 4.83. The summed E-state index contributed by atoms with van der Waals surface area (Å²) in [5, 5.41) is 5.31. The van der Waals surface area contributed by atoms with Gasteiger partial charge in [0.1, 0.15) is 11.4 Å². The van der Waals surface area contributed by atoms with Crippen molar-refractivity contribution in [3.8, 4) is 11.1 Å². The normalized spacial score (nSPS) is 10.9. The summed E-state index contributed by atoms with van der Waals surface area (Å²) in [5.74, 6) is -0.288. The van der Waals surface area contributed by atoms with Crippen LogP contribution in [0, 0.1) is 6.92 Å². The molecule has 1 amide bonds. The largest absolute Gasteiger partial charge is 0.324 e. The Balaban J connectivity index is 1.65. The fourth-order valence-electron chi connectivity index (χ4n) is 2.98. The van der Waals surface area contributed by atoms with E-state index in [1.807, 2.05) is 60.8 Å². The molecule has 0 saturated heterocycles. The van der Waals surface area contributed by atoms with E-state index in [1.165, 1.54) is 22.2 Å². The summed E-state index contributed by atoms with van der Waals surface area (Å²) in [6.45, 7) is 1.87. The van der Waals surface area contributed by atoms with Gasteiger partial charge in [-0.3, -0.25) is 14.2 Å². The number of halogens is 1. The van der Waals surface area contributed by atoms with Crippen molar-refractivity contribution >= 4 is 49.1 Å². The van der Waals surface area contributed by atoms with Gasteiger partial charge in [-0.05, 0) is 46.1 Å². The molecular weight excluding hydrogens is 438 g/mol. The van der Waals surface area contributed by atoms with E-state index >= 15 is 0 Å². The predicted molar refractivity (Wildman–Crippen MR) is 117 cm³/mol. The SMILES string of the molecule is Cc1ccc(NC(=O)Cn2cnc3scc(-c4ccccc4)c3c2=O)c(Br)c1. The Morgan fingerprint density at radius 2 is 2.00 bits per heavy atom. The lowest BCUT2D eigenvalue weighted by Crippen LogP contribution is -2.27. The van der Waals surface area contributed by atoms with Crippen molar-refractivity contribution < 1.29 is 4.79 Å². The van der Waals surface area contributed by atoms with Gasteiger partial charge in [0.05, 0.1) is 17.4 Å². The summed E-state index contributed by atoms with van der Waals surface area (Å²) in [4.78, 5) is 30.5. The van der Waals surface area contributed by atoms with Gasteiger partial charge in [-0.2, -0.15) is 0 Å². The number of hydrogen-bond acceptors (Lipinski definition) is 4. The van der Waals surface area contributed by atoms with Crippen LogP contribution in [0.5, 0.6) is 0 Å². The van der Waals surface area contributed by atoms with Crippen molar-refractivity contribution in [3.05, 3.63) is 80.6 Å². The van der Waals surface area contributed by atoms with Gasteiger partial charge >= 0.3 is 0 Å². The summed E-state index contributed by atoms with van der Waals surface area (Å²) in [6.07, 6.45) is 1.43. The number of fused-ring (bicyclic) bond motifs is 1. The maximum atomic E-state index is 13.0. The Hall–Kier alpha value is -2.77. The van der Waals surface area contributed by atoms with Crippen molar-refractivity contribution in [3.63, 3.8) is 0 Å². The minimum atomic E-state index is -0.288. The molecule has 0 unspecified atom stereocenters. The maximum absolute atomic E-state index is 13.0. The van der Waals surface area contributed by atoms with Crippen molar-refractivity contribution in [1.82, 2.24) is 9.55 Å². The molecule has 2 aromatic heterocycles. The van der Waals surface area contributed by atoms with Gasteiger partial charge in [0.15, 0.2) is 0 Å². The fourth-order valence-corrected chi connectivity index (χ4v) is 4.48. The standard InChI is InChI=1S/C21H16BrN3O2S/c1-13-7-8-17(16(22)9-13)24-18(26)10-25-12-23-20-19(21(25)27)15(11-28-20)14-5-3-2-4-6-14/h2-9,11-12H,10H2,1H3,(H,24,26). The van der Waals surface area contributed by atoms with Gasteiger partial charge in [-0.25, -0.2) is 4.98 Å². The number of aryl methyl sites for hydroxylation is 1. The van der Waals surface area contributed by atoms with Crippen molar-refractivity contribution in [2.24, 2.45) is 0 Å². The number of carbonyl (C=O) groups is 1. The number of nitrogens with one attached hydrogen (secondary N) is 1. The molecule has 4 rings (SSSR count). The molecule has 1 N–H and O–H groups in total. The Morgan fingerprint density at radius 1 is 1.21 bits per heavy atom. The number of carbonyl (C=O) groups excluding carboxylic acids is 1. The zero-order valence-electron chi connectivity index (χ0n) is 15.0. The molecule has 5 nitrogen and oxygen atoms in total. The monoisotopic (exact) mass is 453 g/mol. The third-order valence-electron chi connectivity index (χ3n) is 4.36. The molecule has 0 radical (unpaired) electrons. The molecule has 0 spiro atoms. The van der Waals surface area contributed by atoms with Crippen LogP contribution in [0.2, 0.25) is 0 Å². The Morgan fingerprint density at radius 3 is 2.75 bits per heavy atom. The second-order valence-electron chi connectivity index (χ2n) is 6.40. The van der Waals surface area contributed by atoms with Gasteiger partial charge in [-0.15, -0.1) is 11.3 Å². The molecule has 0 atom stereocenters. The van der Waals surface area contributed by atoms with Crippen LogP contribution in [0.25, 0.3) is 21.3 Å². The molecule has 0 fully saturated rings. The highest BCUT2D eigenvalue weighted by atomic mass is 79.9. The number of thiophene rings is 1. The second-order valence-corrected chi connectivity index (χ2v) is 8.12. The van der Waals surface area contributed by atoms with E-state index in [0.29, 0.717) is 15.9 Å². The summed E-state index contributed by atoms with van der Waals surface area (Å²) in [6, 6.07) is 15.4. The smallest absolute Gasteiger partial charge is 0.263 e. The average molecular weight is 454 g/mol. The van der Waals surface area contributed by atoms with Crippen LogP contribution in [-0.4, -0.2) is 15.5 Å². The lowest BCUT2D eigenvalue weighted by Gasteiger charge is -2.10. The molecule has 0 saturated carbocycles. The maximum Gasteiger partial charge on any atom is 0.263 e. The summed E-state index contributed by atoms with van der Waals surface area (Å²) in [5.41, 5.74) is 3.33. The minimum Gasteiger partial charge on any atom is -0.324 e. The zero-order valence-corrected chi connectivity index (χ0v) is 17.4. The van der Waals surface area contributed by atoms with Crippen molar-refractivity contribution in [2.75, 3.05) is 5.32 Å². The number of rotatable bonds is 4. The molecule has 2 heterocycles. The average Bonchev–Trinajstić information content (AvgIpc) is 3.12. The number of nitrogens with zero attached hydrogens (tertiary/aromatic N) is 2. The van der Waals surface area contributed by atoms with Crippen LogP contribution in [0.15, 0.2) is 69.5 Å². The minimum absolute atomic E-state index is 0.105. The van der Waals surface area contributed by atoms with Crippen LogP contribution in [0.3, 0.4) is 0 Å². The first kappa shape index (κ1) is 18.6. The van der Waals surface area contributed by atoms with Crippen molar-refractivity contribution in [1.29, 1.82) is 0 Å². The van der Waals surface area contributed by atoms with E-state index in [1.54, 1.807) is 0 Å². The molecule has 2 aromatic carbocycles. The molecule has 0 aliphatic rings. The first-order valence-corrected chi connectivity index (χ1v) is 10.3. The number of anilines is 1. The first-order valence-electron chi connectivity index (χ1n) is 8.61. The highest BCUT2D eigenvalue weighted by Gasteiger charge is 2.15. The molecule has 0 bridgehead atoms. The molecule has 4 aromatic rings. The van der Waals surface area contributed by atoms with Gasteiger partial charge in [-0.1, -0.05) is 36.4 Å². The second kappa shape index (κ2) is 7.69. The number of aromatic nitrogens is 2. The third-order valence-corrected chi connectivity index (χ3v) is 5.90. The molecular formula is C21H16BrN3O2S.